The van der Waals surface area contributed by atoms with Crippen molar-refractivity contribution in [1.29, 1.82) is 0 Å². The molecule has 3 rings (SSSR count). The molecule has 3 heteroatoms. The molecule has 2 aliphatic rings. The lowest BCUT2D eigenvalue weighted by Crippen LogP contribution is -2.41. The van der Waals surface area contributed by atoms with Gasteiger partial charge in [0, 0.05) is 13.1 Å². The highest BCUT2D eigenvalue weighted by Crippen LogP contribution is 2.57. The number of carbonyl (C=O) groups is 1. The van der Waals surface area contributed by atoms with Crippen molar-refractivity contribution < 1.29 is 9.53 Å². The number of hydrogen-bond acceptors (Lipinski definition) is 2. The minimum Gasteiger partial charge on any atom is -0.444 e. The monoisotopic (exact) mass is 385 g/mol. The summed E-state index contributed by atoms with van der Waals surface area (Å²) < 4.78 is 5.51. The van der Waals surface area contributed by atoms with Crippen molar-refractivity contribution in [3.05, 3.63) is 35.4 Å². The zero-order chi connectivity index (χ0) is 20.7. The average molecular weight is 386 g/mol. The summed E-state index contributed by atoms with van der Waals surface area (Å²) >= 11 is 0. The number of hydrogen-bond donors (Lipinski definition) is 0. The maximum atomic E-state index is 12.3. The molecule has 1 aromatic carbocycles. The number of likely N-dealkylation sites (tertiary alicyclic amines) is 1. The molecule has 2 fully saturated rings. The average Bonchev–Trinajstić information content (AvgIpc) is 2.81. The topological polar surface area (TPSA) is 29.5 Å². The summed E-state index contributed by atoms with van der Waals surface area (Å²) in [6.07, 6.45) is 4.40. The molecule has 0 N–H and O–H groups in total. The molecule has 3 nitrogen and oxygen atoms in total. The summed E-state index contributed by atoms with van der Waals surface area (Å²) in [5, 5.41) is 0. The van der Waals surface area contributed by atoms with Crippen LogP contribution in [0, 0.1) is 10.8 Å². The summed E-state index contributed by atoms with van der Waals surface area (Å²) in [5.41, 5.74) is 3.28. The molecule has 0 atom stereocenters. The zero-order valence-corrected chi connectivity index (χ0v) is 19.0. The van der Waals surface area contributed by atoms with Crippen LogP contribution in [0.5, 0.6) is 0 Å². The van der Waals surface area contributed by atoms with Crippen LogP contribution in [-0.2, 0) is 4.74 Å². The number of benzene rings is 1. The quantitative estimate of drug-likeness (QED) is 0.565. The Balaban J connectivity index is 1.58. The Morgan fingerprint density at radius 1 is 0.893 bits per heavy atom. The van der Waals surface area contributed by atoms with Gasteiger partial charge in [0.2, 0.25) is 0 Å². The second kappa shape index (κ2) is 7.39. The van der Waals surface area contributed by atoms with E-state index in [9.17, 15) is 4.79 Å². The van der Waals surface area contributed by atoms with E-state index in [-0.39, 0.29) is 6.09 Å². The molecular formula is C25H39NO2. The molecule has 1 aromatic rings. The van der Waals surface area contributed by atoms with Crippen LogP contribution in [0.2, 0.25) is 0 Å². The first-order valence-electron chi connectivity index (χ1n) is 11.0. The number of carbonyl (C=O) groups excluding carboxylic acids is 1. The van der Waals surface area contributed by atoms with Crippen molar-refractivity contribution in [2.24, 2.45) is 10.8 Å². The largest absolute Gasteiger partial charge is 0.444 e. The summed E-state index contributed by atoms with van der Waals surface area (Å²) in [7, 11) is 0. The molecule has 1 amide bonds. The predicted octanol–water partition coefficient (Wildman–Crippen LogP) is 6.73. The Morgan fingerprint density at radius 3 is 1.75 bits per heavy atom. The highest BCUT2D eigenvalue weighted by atomic mass is 16.6. The second-order valence-electron chi connectivity index (χ2n) is 11.3. The molecule has 0 bridgehead atoms. The van der Waals surface area contributed by atoms with E-state index in [4.69, 9.17) is 4.74 Å². The highest BCUT2D eigenvalue weighted by Gasteiger charge is 2.46. The molecule has 1 aliphatic heterocycles. The number of nitrogens with zero attached hydrogens (tertiary/aromatic N) is 1. The molecule has 0 aromatic heterocycles. The molecule has 1 aliphatic carbocycles. The normalized spacial score (nSPS) is 23.0. The number of ether oxygens (including phenoxy) is 1. The van der Waals surface area contributed by atoms with Gasteiger partial charge in [0.1, 0.15) is 5.60 Å². The van der Waals surface area contributed by atoms with Gasteiger partial charge in [-0.15, -0.1) is 0 Å². The van der Waals surface area contributed by atoms with Crippen molar-refractivity contribution in [3.63, 3.8) is 0 Å². The Hall–Kier alpha value is -1.51. The van der Waals surface area contributed by atoms with Crippen molar-refractivity contribution >= 4 is 6.09 Å². The maximum Gasteiger partial charge on any atom is 0.410 e. The van der Waals surface area contributed by atoms with E-state index in [1.54, 1.807) is 0 Å². The van der Waals surface area contributed by atoms with Crippen LogP contribution < -0.4 is 0 Å². The molecule has 1 saturated carbocycles. The lowest BCUT2D eigenvalue weighted by atomic mass is 9.71. The van der Waals surface area contributed by atoms with Crippen LogP contribution in [0.25, 0.3) is 0 Å². The summed E-state index contributed by atoms with van der Waals surface area (Å²) in [5.74, 6) is 1.22. The van der Waals surface area contributed by atoms with Gasteiger partial charge < -0.3 is 9.64 Å². The van der Waals surface area contributed by atoms with Gasteiger partial charge in [0.05, 0.1) is 0 Å². The third kappa shape index (κ3) is 4.55. The van der Waals surface area contributed by atoms with Gasteiger partial charge in [0.15, 0.2) is 0 Å². The number of piperidine rings is 1. The van der Waals surface area contributed by atoms with Crippen LogP contribution in [0.15, 0.2) is 24.3 Å². The van der Waals surface area contributed by atoms with Gasteiger partial charge in [-0.05, 0) is 80.2 Å². The Morgan fingerprint density at radius 2 is 1.32 bits per heavy atom. The fraction of sp³-hybridized carbons (Fsp3) is 0.720. The van der Waals surface area contributed by atoms with Crippen molar-refractivity contribution in [2.45, 2.75) is 91.6 Å². The van der Waals surface area contributed by atoms with E-state index in [1.165, 1.54) is 24.0 Å². The highest BCUT2D eigenvalue weighted by molar-refractivity contribution is 5.68. The van der Waals surface area contributed by atoms with E-state index < -0.39 is 5.60 Å². The summed E-state index contributed by atoms with van der Waals surface area (Å²) in [6, 6.07) is 9.39. The molecule has 0 spiro atoms. The molecule has 0 radical (unpaired) electrons. The number of rotatable bonds is 2. The van der Waals surface area contributed by atoms with E-state index in [0.29, 0.717) is 22.7 Å². The zero-order valence-electron chi connectivity index (χ0n) is 19.0. The smallest absolute Gasteiger partial charge is 0.410 e. The number of amides is 1. The van der Waals surface area contributed by atoms with Crippen LogP contribution in [0.4, 0.5) is 4.79 Å². The minimum atomic E-state index is -0.423. The summed E-state index contributed by atoms with van der Waals surface area (Å²) in [6.45, 7) is 17.0. The Bertz CT molecular complexity index is 672. The lowest BCUT2D eigenvalue weighted by molar-refractivity contribution is 0.0205. The molecule has 156 valence electrons. The van der Waals surface area contributed by atoms with Crippen molar-refractivity contribution in [3.8, 4) is 0 Å². The second-order valence-corrected chi connectivity index (χ2v) is 11.3. The molecule has 1 heterocycles. The van der Waals surface area contributed by atoms with Gasteiger partial charge >= 0.3 is 6.09 Å². The minimum absolute atomic E-state index is 0.173. The first-order valence-corrected chi connectivity index (χ1v) is 11.0. The maximum absolute atomic E-state index is 12.3. The van der Waals surface area contributed by atoms with Crippen molar-refractivity contribution in [2.75, 3.05) is 13.1 Å². The van der Waals surface area contributed by atoms with Crippen LogP contribution in [0.1, 0.15) is 97.1 Å². The summed E-state index contributed by atoms with van der Waals surface area (Å²) in [4.78, 5) is 14.1. The Kier molecular flexibility index (Phi) is 5.59. The van der Waals surface area contributed by atoms with Gasteiger partial charge in [-0.2, -0.15) is 0 Å². The van der Waals surface area contributed by atoms with Gasteiger partial charge in [0.25, 0.3) is 0 Å². The lowest BCUT2D eigenvalue weighted by Gasteiger charge is -2.34. The first kappa shape index (κ1) is 21.2. The molecule has 1 saturated heterocycles. The van der Waals surface area contributed by atoms with E-state index in [2.05, 4.69) is 52.0 Å². The molecular weight excluding hydrogens is 346 g/mol. The van der Waals surface area contributed by atoms with Crippen LogP contribution >= 0.6 is 0 Å². The molecule has 0 unspecified atom stereocenters. The first-order chi connectivity index (χ1) is 12.9. The third-order valence-electron chi connectivity index (χ3n) is 7.37. The van der Waals surface area contributed by atoms with E-state index in [1.807, 2.05) is 25.7 Å². The van der Waals surface area contributed by atoms with Crippen molar-refractivity contribution in [1.82, 2.24) is 4.90 Å². The predicted molar refractivity (Wildman–Crippen MR) is 116 cm³/mol. The fourth-order valence-corrected chi connectivity index (χ4v) is 4.85. The van der Waals surface area contributed by atoms with Crippen LogP contribution in [0.3, 0.4) is 0 Å². The van der Waals surface area contributed by atoms with Crippen LogP contribution in [-0.4, -0.2) is 29.7 Å². The van der Waals surface area contributed by atoms with E-state index in [0.717, 1.165) is 25.9 Å². The van der Waals surface area contributed by atoms with Gasteiger partial charge in [-0.3, -0.25) is 0 Å². The standard InChI is InChI=1S/C25H39NO2/c1-23(2,3)28-22(27)26-14-12-20(13-15-26)18-8-10-19(11-9-18)21-16-24(4,5)25(6,7)17-21/h8-11,20-21H,12-17H2,1-7H3. The van der Waals surface area contributed by atoms with Gasteiger partial charge in [-0.1, -0.05) is 52.0 Å². The fourth-order valence-electron chi connectivity index (χ4n) is 4.85. The SMILES string of the molecule is CC(C)(C)OC(=O)N1CCC(c2ccc(C3CC(C)(C)C(C)(C)C3)cc2)CC1. The molecule has 28 heavy (non-hydrogen) atoms. The van der Waals surface area contributed by atoms with Gasteiger partial charge in [-0.25, -0.2) is 4.79 Å². The Labute approximate surface area is 171 Å². The van der Waals surface area contributed by atoms with E-state index >= 15 is 0 Å². The third-order valence-corrected chi connectivity index (χ3v) is 7.37.